The summed E-state index contributed by atoms with van der Waals surface area (Å²) in [4.78, 5) is 28.7. The van der Waals surface area contributed by atoms with Gasteiger partial charge < -0.3 is 19.8 Å². The first-order chi connectivity index (χ1) is 16.4. The summed E-state index contributed by atoms with van der Waals surface area (Å²) >= 11 is 0. The molecule has 178 valence electrons. The average molecular weight is 485 g/mol. The first kappa shape index (κ1) is 23.5. The molecule has 1 aliphatic heterocycles. The minimum atomic E-state index is -3.57. The standard InChI is InChI=1S/C23H24N4O6S/c1-32-20-13-17(7-10-19(20)21-14-24-15-33-21)26-23(29)22(28)25-16-5-8-18(9-6-16)34(30,31)27-11-3-2-4-12-27/h5-10,13-15H,2-4,11-12H2,1H3,(H,25,28)(H,26,29). The van der Waals surface area contributed by atoms with Crippen molar-refractivity contribution in [2.24, 2.45) is 0 Å². The summed E-state index contributed by atoms with van der Waals surface area (Å²) in [5.74, 6) is -0.858. The number of anilines is 2. The molecule has 2 aromatic carbocycles. The molecule has 1 aliphatic rings. The van der Waals surface area contributed by atoms with E-state index in [9.17, 15) is 18.0 Å². The number of nitrogens with zero attached hydrogens (tertiary/aromatic N) is 2. The second-order valence-electron chi connectivity index (χ2n) is 7.68. The maximum absolute atomic E-state index is 12.7. The van der Waals surface area contributed by atoms with Crippen molar-refractivity contribution in [3.05, 3.63) is 55.1 Å². The molecule has 0 unspecified atom stereocenters. The van der Waals surface area contributed by atoms with Crippen LogP contribution in [0.1, 0.15) is 19.3 Å². The van der Waals surface area contributed by atoms with Gasteiger partial charge in [0, 0.05) is 30.5 Å². The van der Waals surface area contributed by atoms with Crippen LogP contribution in [0.3, 0.4) is 0 Å². The number of nitrogens with one attached hydrogen (secondary N) is 2. The van der Waals surface area contributed by atoms with Crippen LogP contribution in [-0.4, -0.2) is 49.7 Å². The Morgan fingerprint density at radius 2 is 1.62 bits per heavy atom. The summed E-state index contributed by atoms with van der Waals surface area (Å²) in [6.45, 7) is 1.01. The maximum atomic E-state index is 12.7. The zero-order chi connectivity index (χ0) is 24.1. The molecule has 3 aromatic rings. The van der Waals surface area contributed by atoms with E-state index in [4.69, 9.17) is 9.15 Å². The Labute approximate surface area is 197 Å². The van der Waals surface area contributed by atoms with Crippen LogP contribution in [0.15, 0.2) is 64.4 Å². The van der Waals surface area contributed by atoms with Crippen molar-refractivity contribution in [2.75, 3.05) is 30.8 Å². The highest BCUT2D eigenvalue weighted by Gasteiger charge is 2.26. The number of ether oxygens (including phenoxy) is 1. The van der Waals surface area contributed by atoms with Crippen molar-refractivity contribution in [3.8, 4) is 17.1 Å². The van der Waals surface area contributed by atoms with Gasteiger partial charge in [-0.15, -0.1) is 0 Å². The Morgan fingerprint density at radius 3 is 2.24 bits per heavy atom. The second-order valence-corrected chi connectivity index (χ2v) is 9.62. The van der Waals surface area contributed by atoms with Crippen LogP contribution in [0.2, 0.25) is 0 Å². The lowest BCUT2D eigenvalue weighted by Gasteiger charge is -2.25. The van der Waals surface area contributed by atoms with Crippen molar-refractivity contribution in [1.82, 2.24) is 9.29 Å². The van der Waals surface area contributed by atoms with E-state index in [0.717, 1.165) is 19.3 Å². The lowest BCUT2D eigenvalue weighted by Crippen LogP contribution is -2.35. The summed E-state index contributed by atoms with van der Waals surface area (Å²) in [5, 5.41) is 4.98. The minimum absolute atomic E-state index is 0.149. The van der Waals surface area contributed by atoms with Gasteiger partial charge in [0.25, 0.3) is 0 Å². The predicted octanol–water partition coefficient (Wildman–Crippen LogP) is 3.10. The number of oxazole rings is 1. The molecule has 1 saturated heterocycles. The van der Waals surface area contributed by atoms with Gasteiger partial charge in [-0.3, -0.25) is 9.59 Å². The number of amides is 2. The number of piperidine rings is 1. The summed E-state index contributed by atoms with van der Waals surface area (Å²) in [6.07, 6.45) is 5.54. The molecule has 4 rings (SSSR count). The maximum Gasteiger partial charge on any atom is 0.314 e. The van der Waals surface area contributed by atoms with Crippen molar-refractivity contribution in [2.45, 2.75) is 24.2 Å². The molecular formula is C23H24N4O6S. The van der Waals surface area contributed by atoms with Crippen molar-refractivity contribution in [1.29, 1.82) is 0 Å². The molecule has 2 N–H and O–H groups in total. The molecule has 0 spiro atoms. The number of methoxy groups -OCH3 is 1. The van der Waals surface area contributed by atoms with Crippen molar-refractivity contribution < 1.29 is 27.2 Å². The summed E-state index contributed by atoms with van der Waals surface area (Å²) < 4.78 is 37.6. The zero-order valence-electron chi connectivity index (χ0n) is 18.5. The predicted molar refractivity (Wildman–Crippen MR) is 125 cm³/mol. The molecule has 34 heavy (non-hydrogen) atoms. The third-order valence-corrected chi connectivity index (χ3v) is 7.34. The zero-order valence-corrected chi connectivity index (χ0v) is 19.3. The Hall–Kier alpha value is -3.70. The molecule has 1 fully saturated rings. The number of carbonyl (C=O) groups is 2. The number of hydrogen-bond donors (Lipinski definition) is 2. The molecule has 2 amide bonds. The number of benzene rings is 2. The van der Waals surface area contributed by atoms with Gasteiger partial charge in [0.15, 0.2) is 12.2 Å². The van der Waals surface area contributed by atoms with E-state index in [1.165, 1.54) is 48.3 Å². The van der Waals surface area contributed by atoms with Crippen molar-refractivity contribution >= 4 is 33.2 Å². The van der Waals surface area contributed by atoms with E-state index in [2.05, 4.69) is 15.6 Å². The Balaban J connectivity index is 1.39. The van der Waals surface area contributed by atoms with Gasteiger partial charge in [-0.05, 0) is 49.2 Å². The van der Waals surface area contributed by atoms with Crippen LogP contribution in [0.25, 0.3) is 11.3 Å². The molecule has 0 saturated carbocycles. The highest BCUT2D eigenvalue weighted by molar-refractivity contribution is 7.89. The van der Waals surface area contributed by atoms with E-state index in [0.29, 0.717) is 41.5 Å². The molecule has 1 aromatic heterocycles. The highest BCUT2D eigenvalue weighted by Crippen LogP contribution is 2.32. The summed E-state index contributed by atoms with van der Waals surface area (Å²) in [6, 6.07) is 10.6. The van der Waals surface area contributed by atoms with Crippen molar-refractivity contribution in [3.63, 3.8) is 0 Å². The number of sulfonamides is 1. The fourth-order valence-corrected chi connectivity index (χ4v) is 5.18. The monoisotopic (exact) mass is 484 g/mol. The molecule has 0 radical (unpaired) electrons. The Kier molecular flexibility index (Phi) is 6.94. The van der Waals surface area contributed by atoms with Gasteiger partial charge in [-0.1, -0.05) is 6.42 Å². The smallest absolute Gasteiger partial charge is 0.314 e. The van der Waals surface area contributed by atoms with Gasteiger partial charge in [0.1, 0.15) is 5.75 Å². The SMILES string of the molecule is COc1cc(NC(=O)C(=O)Nc2ccc(S(=O)(=O)N3CCCCC3)cc2)ccc1-c1cnco1. The average Bonchev–Trinajstić information content (AvgIpc) is 3.39. The van der Waals surface area contributed by atoms with Crippen LogP contribution >= 0.6 is 0 Å². The van der Waals surface area contributed by atoms with Crippen LogP contribution in [0, 0.1) is 0 Å². The first-order valence-electron chi connectivity index (χ1n) is 10.7. The topological polar surface area (TPSA) is 131 Å². The Morgan fingerprint density at radius 1 is 0.971 bits per heavy atom. The number of rotatable bonds is 6. The van der Waals surface area contributed by atoms with E-state index in [1.54, 1.807) is 18.2 Å². The van der Waals surface area contributed by atoms with E-state index >= 15 is 0 Å². The highest BCUT2D eigenvalue weighted by atomic mass is 32.2. The van der Waals surface area contributed by atoms with Gasteiger partial charge in [-0.25, -0.2) is 13.4 Å². The van der Waals surface area contributed by atoms with Gasteiger partial charge in [0.2, 0.25) is 10.0 Å². The quantitative estimate of drug-likeness (QED) is 0.514. The first-order valence-corrected chi connectivity index (χ1v) is 12.1. The Bertz CT molecular complexity index is 1270. The van der Waals surface area contributed by atoms with E-state index in [1.807, 2.05) is 0 Å². The molecule has 11 heteroatoms. The number of hydrogen-bond acceptors (Lipinski definition) is 7. The summed E-state index contributed by atoms with van der Waals surface area (Å²) in [5.41, 5.74) is 1.29. The molecule has 0 aliphatic carbocycles. The van der Waals surface area contributed by atoms with Crippen LogP contribution in [-0.2, 0) is 19.6 Å². The van der Waals surface area contributed by atoms with Gasteiger partial charge in [-0.2, -0.15) is 4.31 Å². The normalized spacial score (nSPS) is 14.4. The lowest BCUT2D eigenvalue weighted by molar-refractivity contribution is -0.132. The molecular weight excluding hydrogens is 460 g/mol. The minimum Gasteiger partial charge on any atom is -0.496 e. The van der Waals surface area contributed by atoms with E-state index < -0.39 is 21.8 Å². The second kappa shape index (κ2) is 10.1. The van der Waals surface area contributed by atoms with Crippen LogP contribution < -0.4 is 15.4 Å². The van der Waals surface area contributed by atoms with E-state index in [-0.39, 0.29) is 4.90 Å². The largest absolute Gasteiger partial charge is 0.496 e. The third kappa shape index (κ3) is 5.10. The molecule has 0 atom stereocenters. The number of carbonyl (C=O) groups excluding carboxylic acids is 2. The van der Waals surface area contributed by atoms with Gasteiger partial charge in [0.05, 0.1) is 23.8 Å². The lowest BCUT2D eigenvalue weighted by atomic mass is 10.1. The van der Waals surface area contributed by atoms with Crippen LogP contribution in [0.5, 0.6) is 5.75 Å². The van der Waals surface area contributed by atoms with Crippen LogP contribution in [0.4, 0.5) is 11.4 Å². The summed E-state index contributed by atoms with van der Waals surface area (Å²) in [7, 11) is -2.10. The molecule has 2 heterocycles. The van der Waals surface area contributed by atoms with Gasteiger partial charge >= 0.3 is 11.8 Å². The molecule has 10 nitrogen and oxygen atoms in total. The fraction of sp³-hybridized carbons (Fsp3) is 0.261. The third-order valence-electron chi connectivity index (χ3n) is 5.43. The fourth-order valence-electron chi connectivity index (χ4n) is 3.66. The molecule has 0 bridgehead atoms. The number of aromatic nitrogens is 1.